The zero-order valence-electron chi connectivity index (χ0n) is 25.4. The summed E-state index contributed by atoms with van der Waals surface area (Å²) in [6.07, 6.45) is 0. The van der Waals surface area contributed by atoms with Crippen LogP contribution in [0.3, 0.4) is 0 Å². The average molecular weight is 547 g/mol. The van der Waals surface area contributed by atoms with Gasteiger partial charge in [0, 0.05) is 0 Å². The molecule has 0 aliphatic heterocycles. The Bertz CT molecular complexity index is 1340. The van der Waals surface area contributed by atoms with Gasteiger partial charge in [0.15, 0.2) is 0 Å². The molecule has 0 saturated carbocycles. The lowest BCUT2D eigenvalue weighted by atomic mass is 9.83. The summed E-state index contributed by atoms with van der Waals surface area (Å²) in [5.74, 6) is -0.934. The molecule has 0 aromatic heterocycles. The number of aryl methyl sites for hydroxylation is 2. The molecular weight excluding hydrogens is 504 g/mol. The number of aromatic hydroxyl groups is 2. The Morgan fingerprint density at radius 1 is 0.650 bits per heavy atom. The van der Waals surface area contributed by atoms with Gasteiger partial charge in [0.05, 0.1) is 11.1 Å². The van der Waals surface area contributed by atoms with Gasteiger partial charge in [0.2, 0.25) is 0 Å². The molecular formula is C34H42O6. The second kappa shape index (κ2) is 11.4. The fourth-order valence-corrected chi connectivity index (χ4v) is 4.88. The van der Waals surface area contributed by atoms with E-state index in [4.69, 9.17) is 9.47 Å². The van der Waals surface area contributed by atoms with E-state index in [-0.39, 0.29) is 46.7 Å². The predicted molar refractivity (Wildman–Crippen MR) is 157 cm³/mol. The smallest absolute Gasteiger partial charge is 0.339 e. The summed E-state index contributed by atoms with van der Waals surface area (Å²) < 4.78 is 11.2. The summed E-state index contributed by atoms with van der Waals surface area (Å²) in [5, 5.41) is 21.6. The first-order valence-corrected chi connectivity index (χ1v) is 13.5. The van der Waals surface area contributed by atoms with Gasteiger partial charge in [-0.05, 0) is 95.2 Å². The quantitative estimate of drug-likeness (QED) is 0.309. The number of benzene rings is 3. The van der Waals surface area contributed by atoms with Crippen LogP contribution < -0.4 is 0 Å². The summed E-state index contributed by atoms with van der Waals surface area (Å²) in [5.41, 5.74) is 5.97. The van der Waals surface area contributed by atoms with Crippen LogP contribution in [0.25, 0.3) is 0 Å². The summed E-state index contributed by atoms with van der Waals surface area (Å²) in [6.45, 7) is 19.6. The van der Waals surface area contributed by atoms with Crippen LogP contribution in [0.2, 0.25) is 0 Å². The second-order valence-electron chi connectivity index (χ2n) is 12.6. The van der Waals surface area contributed by atoms with E-state index in [1.165, 1.54) is 12.1 Å². The van der Waals surface area contributed by atoms with Crippen molar-refractivity contribution in [3.05, 3.63) is 92.0 Å². The molecule has 0 aliphatic rings. The lowest BCUT2D eigenvalue weighted by Crippen LogP contribution is -2.16. The van der Waals surface area contributed by atoms with Gasteiger partial charge in [-0.1, -0.05) is 65.8 Å². The molecule has 40 heavy (non-hydrogen) atoms. The zero-order valence-corrected chi connectivity index (χ0v) is 25.4. The van der Waals surface area contributed by atoms with E-state index in [1.54, 1.807) is 12.1 Å². The maximum atomic E-state index is 13.1. The third-order valence-corrected chi connectivity index (χ3v) is 7.48. The molecule has 0 amide bonds. The highest BCUT2D eigenvalue weighted by atomic mass is 16.5. The third-order valence-electron chi connectivity index (χ3n) is 7.48. The van der Waals surface area contributed by atoms with E-state index in [2.05, 4.69) is 0 Å². The minimum Gasteiger partial charge on any atom is -0.507 e. The average Bonchev–Trinajstić information content (AvgIpc) is 2.86. The first-order valence-electron chi connectivity index (χ1n) is 13.5. The third kappa shape index (κ3) is 6.33. The van der Waals surface area contributed by atoms with Crippen molar-refractivity contribution >= 4 is 11.9 Å². The minimum absolute atomic E-state index is 0.0460. The van der Waals surface area contributed by atoms with Crippen molar-refractivity contribution in [2.24, 2.45) is 0 Å². The molecule has 0 fully saturated rings. The van der Waals surface area contributed by atoms with E-state index in [0.29, 0.717) is 11.1 Å². The van der Waals surface area contributed by atoms with Gasteiger partial charge in [-0.15, -0.1) is 0 Å². The first kappa shape index (κ1) is 30.7. The van der Waals surface area contributed by atoms with E-state index in [9.17, 15) is 19.8 Å². The van der Waals surface area contributed by atoms with Crippen molar-refractivity contribution in [3.8, 4) is 11.5 Å². The Hall–Kier alpha value is -3.80. The number of phenols is 2. The Balaban J connectivity index is 1.80. The fraction of sp³-hybridized carbons (Fsp3) is 0.412. The number of carbonyl (C=O) groups excluding carboxylic acids is 2. The number of carbonyl (C=O) groups is 2. The molecule has 0 aliphatic carbocycles. The van der Waals surface area contributed by atoms with Gasteiger partial charge in [-0.3, -0.25) is 0 Å². The van der Waals surface area contributed by atoms with Crippen LogP contribution in [-0.4, -0.2) is 22.2 Å². The number of hydrogen-bond donors (Lipinski definition) is 2. The predicted octanol–water partition coefficient (Wildman–Crippen LogP) is 7.64. The zero-order chi connectivity index (χ0) is 30.2. The van der Waals surface area contributed by atoms with Crippen molar-refractivity contribution in [2.75, 3.05) is 0 Å². The summed E-state index contributed by atoms with van der Waals surface area (Å²) in [6, 6.07) is 10.2. The van der Waals surface area contributed by atoms with Gasteiger partial charge >= 0.3 is 11.9 Å². The largest absolute Gasteiger partial charge is 0.507 e. The van der Waals surface area contributed by atoms with Gasteiger partial charge in [0.1, 0.15) is 24.7 Å². The molecule has 2 N–H and O–H groups in total. The number of rotatable bonds is 6. The first-order chi connectivity index (χ1) is 18.4. The van der Waals surface area contributed by atoms with E-state index in [0.717, 1.165) is 33.4 Å². The topological polar surface area (TPSA) is 93.1 Å². The number of ether oxygens (including phenoxy) is 2. The molecule has 0 unspecified atom stereocenters. The molecule has 6 nitrogen and oxygen atoms in total. The molecule has 0 heterocycles. The minimum atomic E-state index is -0.662. The summed E-state index contributed by atoms with van der Waals surface area (Å²) >= 11 is 0. The van der Waals surface area contributed by atoms with Crippen molar-refractivity contribution in [2.45, 2.75) is 93.3 Å². The Kier molecular flexibility index (Phi) is 8.73. The number of hydrogen-bond acceptors (Lipinski definition) is 6. The van der Waals surface area contributed by atoms with E-state index >= 15 is 0 Å². The van der Waals surface area contributed by atoms with Gasteiger partial charge in [-0.2, -0.15) is 0 Å². The highest BCUT2D eigenvalue weighted by Crippen LogP contribution is 2.38. The molecule has 0 bridgehead atoms. The van der Waals surface area contributed by atoms with Crippen molar-refractivity contribution in [1.82, 2.24) is 0 Å². The van der Waals surface area contributed by atoms with Crippen molar-refractivity contribution < 1.29 is 29.3 Å². The highest BCUT2D eigenvalue weighted by Gasteiger charge is 2.25. The second-order valence-corrected chi connectivity index (χ2v) is 12.6. The van der Waals surface area contributed by atoms with Crippen LogP contribution in [0.15, 0.2) is 36.4 Å². The summed E-state index contributed by atoms with van der Waals surface area (Å²) in [4.78, 5) is 26.2. The molecule has 6 heteroatoms. The van der Waals surface area contributed by atoms with Crippen LogP contribution in [0, 0.1) is 27.7 Å². The SMILES string of the molecule is Cc1cc(C(C)(C)C)c(O)c(C)c1COC(=O)c1ccccc1C(=O)OCc1c(C)cc(C(C)(C)C)c(O)c1C. The fourth-order valence-electron chi connectivity index (χ4n) is 4.88. The molecule has 0 radical (unpaired) electrons. The van der Waals surface area contributed by atoms with Crippen LogP contribution in [0.4, 0.5) is 0 Å². The standard InChI is InChI=1S/C34H42O6/c1-19-15-27(33(5,6)7)29(35)21(3)25(19)17-39-31(37)23-13-11-12-14-24(23)32(38)40-18-26-20(2)16-28(34(8,9)10)30(36)22(26)4/h11-16,35-36H,17-18H2,1-10H3. The normalized spacial score (nSPS) is 11.8. The van der Waals surface area contributed by atoms with Crippen LogP contribution in [0.5, 0.6) is 11.5 Å². The molecule has 214 valence electrons. The Labute approximate surface area is 238 Å². The van der Waals surface area contributed by atoms with Crippen LogP contribution in [-0.2, 0) is 33.5 Å². The lowest BCUT2D eigenvalue weighted by Gasteiger charge is -2.24. The van der Waals surface area contributed by atoms with Gasteiger partial charge < -0.3 is 19.7 Å². The van der Waals surface area contributed by atoms with Crippen LogP contribution >= 0.6 is 0 Å². The van der Waals surface area contributed by atoms with Crippen molar-refractivity contribution in [3.63, 3.8) is 0 Å². The van der Waals surface area contributed by atoms with E-state index < -0.39 is 11.9 Å². The van der Waals surface area contributed by atoms with Gasteiger partial charge in [0.25, 0.3) is 0 Å². The Morgan fingerprint density at radius 2 is 0.975 bits per heavy atom. The molecule has 3 aromatic carbocycles. The highest BCUT2D eigenvalue weighted by molar-refractivity contribution is 6.03. The molecule has 0 saturated heterocycles. The number of phenolic OH excluding ortho intramolecular Hbond substituents is 2. The lowest BCUT2D eigenvalue weighted by molar-refractivity contribution is 0.0423. The monoisotopic (exact) mass is 546 g/mol. The van der Waals surface area contributed by atoms with Gasteiger partial charge in [-0.25, -0.2) is 9.59 Å². The molecule has 3 rings (SSSR count). The molecule has 3 aromatic rings. The molecule has 0 spiro atoms. The molecule has 0 atom stereocenters. The summed E-state index contributed by atoms with van der Waals surface area (Å²) in [7, 11) is 0. The Morgan fingerprint density at radius 3 is 1.27 bits per heavy atom. The van der Waals surface area contributed by atoms with Crippen LogP contribution in [0.1, 0.15) is 107 Å². The maximum absolute atomic E-state index is 13.1. The van der Waals surface area contributed by atoms with E-state index in [1.807, 2.05) is 81.4 Å². The maximum Gasteiger partial charge on any atom is 0.339 e. The van der Waals surface area contributed by atoms with Crippen molar-refractivity contribution in [1.29, 1.82) is 0 Å². The number of esters is 2.